The van der Waals surface area contributed by atoms with Crippen molar-refractivity contribution in [1.82, 2.24) is 24.3 Å². The van der Waals surface area contributed by atoms with Gasteiger partial charge in [0.05, 0.1) is 18.5 Å². The van der Waals surface area contributed by atoms with Gasteiger partial charge in [0.1, 0.15) is 24.0 Å². The summed E-state index contributed by atoms with van der Waals surface area (Å²) in [4.78, 5) is 34.7. The van der Waals surface area contributed by atoms with Gasteiger partial charge in [-0.25, -0.2) is 9.97 Å². The van der Waals surface area contributed by atoms with E-state index in [1.807, 2.05) is 38.1 Å². The molecule has 0 fully saturated rings. The molecule has 30 heavy (non-hydrogen) atoms. The molecule has 3 heterocycles. The van der Waals surface area contributed by atoms with Crippen molar-refractivity contribution < 1.29 is 9.53 Å². The number of anilines is 1. The van der Waals surface area contributed by atoms with E-state index in [1.54, 1.807) is 7.05 Å². The van der Waals surface area contributed by atoms with E-state index < -0.39 is 0 Å². The van der Waals surface area contributed by atoms with Gasteiger partial charge in [0.2, 0.25) is 5.91 Å². The van der Waals surface area contributed by atoms with E-state index in [0.717, 1.165) is 21.9 Å². The Kier molecular flexibility index (Phi) is 5.32. The van der Waals surface area contributed by atoms with Crippen LogP contribution in [0.15, 0.2) is 41.6 Å². The van der Waals surface area contributed by atoms with E-state index >= 15 is 0 Å². The second-order valence-corrected chi connectivity index (χ2v) is 7.82. The fourth-order valence-electron chi connectivity index (χ4n) is 3.09. The normalized spacial score (nSPS) is 11.0. The molecule has 10 heteroatoms. The Hall–Kier alpha value is -3.53. The lowest BCUT2D eigenvalue weighted by Crippen LogP contribution is -2.27. The van der Waals surface area contributed by atoms with Crippen LogP contribution >= 0.6 is 11.3 Å². The van der Waals surface area contributed by atoms with Gasteiger partial charge < -0.3 is 10.1 Å². The summed E-state index contributed by atoms with van der Waals surface area (Å²) in [5, 5.41) is 7.64. The van der Waals surface area contributed by atoms with Gasteiger partial charge in [-0.1, -0.05) is 0 Å². The Morgan fingerprint density at radius 2 is 2.03 bits per heavy atom. The molecule has 0 saturated heterocycles. The maximum atomic E-state index is 12.5. The second kappa shape index (κ2) is 8.07. The monoisotopic (exact) mass is 424 g/mol. The van der Waals surface area contributed by atoms with Crippen LogP contribution in [0.2, 0.25) is 0 Å². The van der Waals surface area contributed by atoms with Crippen molar-refractivity contribution in [2.45, 2.75) is 20.4 Å². The first-order valence-electron chi connectivity index (χ1n) is 9.34. The molecular formula is C20H20N6O3S. The molecule has 0 spiro atoms. The molecule has 1 amide bonds. The molecule has 0 aliphatic carbocycles. The Balaban J connectivity index is 1.50. The summed E-state index contributed by atoms with van der Waals surface area (Å²) in [6.45, 7) is 4.33. The van der Waals surface area contributed by atoms with E-state index in [9.17, 15) is 9.59 Å². The van der Waals surface area contributed by atoms with Crippen molar-refractivity contribution in [2.24, 2.45) is 7.05 Å². The molecule has 1 aromatic carbocycles. The van der Waals surface area contributed by atoms with Crippen molar-refractivity contribution in [3.63, 3.8) is 0 Å². The summed E-state index contributed by atoms with van der Waals surface area (Å²) < 4.78 is 8.24. The number of benzene rings is 1. The van der Waals surface area contributed by atoms with E-state index in [1.165, 1.54) is 33.1 Å². The predicted octanol–water partition coefficient (Wildman–Crippen LogP) is 2.60. The Morgan fingerprint density at radius 3 is 2.77 bits per heavy atom. The molecule has 3 aromatic heterocycles. The smallest absolute Gasteiger partial charge is 0.264 e. The fourth-order valence-corrected chi connectivity index (χ4v) is 3.94. The zero-order valence-electron chi connectivity index (χ0n) is 16.7. The molecule has 0 bridgehead atoms. The summed E-state index contributed by atoms with van der Waals surface area (Å²) in [7, 11) is 1.71. The molecule has 9 nitrogen and oxygen atoms in total. The first-order chi connectivity index (χ1) is 14.5. The van der Waals surface area contributed by atoms with Gasteiger partial charge >= 0.3 is 0 Å². The zero-order chi connectivity index (χ0) is 21.3. The van der Waals surface area contributed by atoms with Gasteiger partial charge in [-0.2, -0.15) is 5.10 Å². The molecule has 154 valence electrons. The predicted molar refractivity (Wildman–Crippen MR) is 115 cm³/mol. The fraction of sp³-hybridized carbons (Fsp3) is 0.250. The number of carbonyl (C=O) groups is 1. The van der Waals surface area contributed by atoms with Crippen molar-refractivity contribution >= 4 is 33.4 Å². The van der Waals surface area contributed by atoms with Gasteiger partial charge in [-0.3, -0.25) is 18.8 Å². The molecule has 0 aliphatic rings. The largest absolute Gasteiger partial charge is 0.494 e. The maximum absolute atomic E-state index is 12.5. The number of rotatable bonds is 6. The number of nitrogens with one attached hydrogen (secondary N) is 1. The van der Waals surface area contributed by atoms with Crippen molar-refractivity contribution in [3.8, 4) is 17.0 Å². The Labute approximate surface area is 176 Å². The maximum Gasteiger partial charge on any atom is 0.264 e. The molecule has 4 aromatic rings. The van der Waals surface area contributed by atoms with Gasteiger partial charge in [0, 0.05) is 17.5 Å². The van der Waals surface area contributed by atoms with Crippen LogP contribution in [0.3, 0.4) is 0 Å². The molecule has 1 N–H and O–H groups in total. The van der Waals surface area contributed by atoms with Crippen molar-refractivity contribution in [1.29, 1.82) is 0 Å². The molecule has 0 aliphatic heterocycles. The number of carbonyl (C=O) groups excluding carboxylic acids is 1. The number of nitrogens with zero attached hydrogens (tertiary/aromatic N) is 5. The van der Waals surface area contributed by atoms with E-state index in [0.29, 0.717) is 22.8 Å². The summed E-state index contributed by atoms with van der Waals surface area (Å²) in [5.41, 5.74) is 1.91. The minimum Gasteiger partial charge on any atom is -0.494 e. The van der Waals surface area contributed by atoms with E-state index in [4.69, 9.17) is 4.74 Å². The van der Waals surface area contributed by atoms with Crippen LogP contribution in [0, 0.1) is 6.92 Å². The standard InChI is InChI=1S/C20H20N6O3S/c1-4-29-14-7-5-13(6-8-14)17-12(2)30-20(24-17)23-16(27)10-26-11-21-18-15(19(26)28)9-22-25(18)3/h5-9,11H,4,10H2,1-3H3,(H,23,24,27). The summed E-state index contributed by atoms with van der Waals surface area (Å²) in [5.74, 6) is 0.446. The van der Waals surface area contributed by atoms with Crippen LogP contribution in [-0.2, 0) is 18.4 Å². The lowest BCUT2D eigenvalue weighted by Gasteiger charge is -2.05. The van der Waals surface area contributed by atoms with Gasteiger partial charge in [-0.05, 0) is 38.1 Å². The van der Waals surface area contributed by atoms with Crippen LogP contribution in [-0.4, -0.2) is 36.8 Å². The summed E-state index contributed by atoms with van der Waals surface area (Å²) >= 11 is 1.38. The summed E-state index contributed by atoms with van der Waals surface area (Å²) in [6.07, 6.45) is 2.80. The highest BCUT2D eigenvalue weighted by Crippen LogP contribution is 2.31. The van der Waals surface area contributed by atoms with E-state index in [-0.39, 0.29) is 18.0 Å². The van der Waals surface area contributed by atoms with Crippen LogP contribution in [0.25, 0.3) is 22.3 Å². The van der Waals surface area contributed by atoms with Crippen LogP contribution in [0.4, 0.5) is 5.13 Å². The third-order valence-electron chi connectivity index (χ3n) is 4.51. The Morgan fingerprint density at radius 1 is 1.27 bits per heavy atom. The highest BCUT2D eigenvalue weighted by atomic mass is 32.1. The highest BCUT2D eigenvalue weighted by Gasteiger charge is 2.14. The lowest BCUT2D eigenvalue weighted by atomic mass is 10.1. The van der Waals surface area contributed by atoms with Gasteiger partial charge in [0.15, 0.2) is 10.8 Å². The number of fused-ring (bicyclic) bond motifs is 1. The van der Waals surface area contributed by atoms with Gasteiger partial charge in [0.25, 0.3) is 5.56 Å². The van der Waals surface area contributed by atoms with Gasteiger partial charge in [-0.15, -0.1) is 11.3 Å². The number of amides is 1. The van der Waals surface area contributed by atoms with Crippen molar-refractivity contribution in [2.75, 3.05) is 11.9 Å². The number of aromatic nitrogens is 5. The number of thiazole rings is 1. The average Bonchev–Trinajstić information content (AvgIpc) is 3.28. The molecule has 0 radical (unpaired) electrons. The second-order valence-electron chi connectivity index (χ2n) is 6.61. The van der Waals surface area contributed by atoms with Crippen LogP contribution < -0.4 is 15.6 Å². The van der Waals surface area contributed by atoms with Crippen LogP contribution in [0.1, 0.15) is 11.8 Å². The third-order valence-corrected chi connectivity index (χ3v) is 5.40. The molecule has 0 saturated carbocycles. The molecule has 0 atom stereocenters. The molecule has 0 unspecified atom stereocenters. The average molecular weight is 424 g/mol. The van der Waals surface area contributed by atoms with Crippen LogP contribution in [0.5, 0.6) is 5.75 Å². The summed E-state index contributed by atoms with van der Waals surface area (Å²) in [6, 6.07) is 7.66. The highest BCUT2D eigenvalue weighted by molar-refractivity contribution is 7.16. The number of ether oxygens (including phenoxy) is 1. The SMILES string of the molecule is CCOc1ccc(-c2nc(NC(=O)Cn3cnc4c(cnn4C)c3=O)sc2C)cc1. The minimum absolute atomic E-state index is 0.159. The lowest BCUT2D eigenvalue weighted by molar-refractivity contribution is -0.116. The zero-order valence-corrected chi connectivity index (χ0v) is 17.6. The topological polar surface area (TPSA) is 104 Å². The minimum atomic E-state index is -0.353. The first kappa shape index (κ1) is 19.8. The van der Waals surface area contributed by atoms with Crippen molar-refractivity contribution in [3.05, 3.63) is 52.0 Å². The number of aryl methyl sites for hydroxylation is 2. The first-order valence-corrected chi connectivity index (χ1v) is 10.2. The number of hydrogen-bond donors (Lipinski definition) is 1. The molecular weight excluding hydrogens is 404 g/mol. The Bertz CT molecular complexity index is 1270. The quantitative estimate of drug-likeness (QED) is 0.510. The molecule has 4 rings (SSSR count). The van der Waals surface area contributed by atoms with E-state index in [2.05, 4.69) is 20.4 Å². The third kappa shape index (κ3) is 3.81. The number of hydrogen-bond acceptors (Lipinski definition) is 7.